The number of piperazine rings is 1. The number of carbonyl (C=O) groups excluding carboxylic acids is 2. The minimum Gasteiger partial charge on any atom is -0.297 e. The summed E-state index contributed by atoms with van der Waals surface area (Å²) in [6.07, 6.45) is 5.90. The largest absolute Gasteiger partial charge is 0.297 e. The smallest absolute Gasteiger partial charge is 0.247 e. The molecule has 5 nitrogen and oxygen atoms in total. The predicted molar refractivity (Wildman–Crippen MR) is 100 cm³/mol. The molecule has 140 valence electrons. The van der Waals surface area contributed by atoms with Crippen LogP contribution in [0.25, 0.3) is 0 Å². The molecule has 2 heterocycles. The first kappa shape index (κ1) is 17.7. The van der Waals surface area contributed by atoms with Gasteiger partial charge in [-0.1, -0.05) is 49.6 Å². The first-order valence-corrected chi connectivity index (χ1v) is 10.1. The predicted octanol–water partition coefficient (Wildman–Crippen LogP) is 2.26. The van der Waals surface area contributed by atoms with E-state index in [9.17, 15) is 9.59 Å². The molecule has 0 spiro atoms. The van der Waals surface area contributed by atoms with Crippen LogP contribution < -0.4 is 0 Å². The van der Waals surface area contributed by atoms with E-state index in [2.05, 4.69) is 34.1 Å². The van der Waals surface area contributed by atoms with Crippen LogP contribution in [0.15, 0.2) is 30.3 Å². The van der Waals surface area contributed by atoms with Gasteiger partial charge in [0.05, 0.1) is 12.5 Å². The third kappa shape index (κ3) is 3.69. The van der Waals surface area contributed by atoms with Crippen molar-refractivity contribution in [2.75, 3.05) is 26.2 Å². The molecule has 1 atom stereocenters. The average molecular weight is 355 g/mol. The Morgan fingerprint density at radius 1 is 0.885 bits per heavy atom. The molecule has 0 unspecified atom stereocenters. The Kier molecular flexibility index (Phi) is 5.36. The molecule has 2 aliphatic heterocycles. The summed E-state index contributed by atoms with van der Waals surface area (Å²) >= 11 is 0. The Balaban J connectivity index is 1.33. The first-order chi connectivity index (χ1) is 12.7. The topological polar surface area (TPSA) is 43.9 Å². The summed E-state index contributed by atoms with van der Waals surface area (Å²) in [6.45, 7) is 4.61. The molecule has 1 saturated carbocycles. The normalized spacial score (nSPS) is 26.6. The van der Waals surface area contributed by atoms with Gasteiger partial charge >= 0.3 is 0 Å². The highest BCUT2D eigenvalue weighted by Crippen LogP contribution is 2.29. The van der Waals surface area contributed by atoms with Crippen LogP contribution in [-0.2, 0) is 16.1 Å². The van der Waals surface area contributed by atoms with E-state index in [1.165, 1.54) is 12.0 Å². The van der Waals surface area contributed by atoms with Crippen LogP contribution in [0.4, 0.5) is 0 Å². The number of amides is 2. The molecule has 3 aliphatic rings. The number of rotatable bonds is 4. The molecule has 1 aliphatic carbocycles. The van der Waals surface area contributed by atoms with Crippen LogP contribution in [0.2, 0.25) is 0 Å². The summed E-state index contributed by atoms with van der Waals surface area (Å²) in [5, 5.41) is 0. The van der Waals surface area contributed by atoms with Gasteiger partial charge in [0.1, 0.15) is 0 Å². The molecular weight excluding hydrogens is 326 g/mol. The SMILES string of the molecule is O=C1C[C@H](N2CCN(Cc3ccccc3)CC2)C(=O)N1C1CCCCC1. The van der Waals surface area contributed by atoms with Gasteiger partial charge in [-0.2, -0.15) is 0 Å². The monoisotopic (exact) mass is 355 g/mol. The van der Waals surface area contributed by atoms with E-state index >= 15 is 0 Å². The van der Waals surface area contributed by atoms with E-state index in [4.69, 9.17) is 0 Å². The number of hydrogen-bond acceptors (Lipinski definition) is 4. The second kappa shape index (κ2) is 7.89. The zero-order chi connectivity index (χ0) is 17.9. The van der Waals surface area contributed by atoms with Crippen molar-refractivity contribution in [3.05, 3.63) is 35.9 Å². The lowest BCUT2D eigenvalue weighted by molar-refractivity contribution is -0.143. The van der Waals surface area contributed by atoms with Gasteiger partial charge in [-0.15, -0.1) is 0 Å². The van der Waals surface area contributed by atoms with Crippen LogP contribution in [-0.4, -0.2) is 64.8 Å². The third-order valence-electron chi connectivity index (χ3n) is 6.20. The van der Waals surface area contributed by atoms with E-state index in [0.29, 0.717) is 6.42 Å². The molecule has 5 heteroatoms. The Hall–Kier alpha value is -1.72. The molecule has 1 aromatic carbocycles. The molecule has 4 rings (SSSR count). The van der Waals surface area contributed by atoms with E-state index in [1.807, 2.05) is 6.07 Å². The van der Waals surface area contributed by atoms with E-state index in [-0.39, 0.29) is 23.9 Å². The van der Waals surface area contributed by atoms with Crippen molar-refractivity contribution in [3.63, 3.8) is 0 Å². The summed E-state index contributed by atoms with van der Waals surface area (Å²) in [5.41, 5.74) is 1.33. The average Bonchev–Trinajstić information content (AvgIpc) is 2.98. The molecule has 2 amide bonds. The highest BCUT2D eigenvalue weighted by atomic mass is 16.2. The molecular formula is C21H29N3O2. The van der Waals surface area contributed by atoms with E-state index in [0.717, 1.165) is 58.4 Å². The van der Waals surface area contributed by atoms with Gasteiger partial charge in [-0.3, -0.25) is 24.3 Å². The second-order valence-corrected chi connectivity index (χ2v) is 7.91. The maximum Gasteiger partial charge on any atom is 0.247 e. The molecule has 0 radical (unpaired) electrons. The van der Waals surface area contributed by atoms with Crippen LogP contribution in [0.5, 0.6) is 0 Å². The van der Waals surface area contributed by atoms with E-state index in [1.54, 1.807) is 4.90 Å². The Bertz CT molecular complexity index is 634. The lowest BCUT2D eigenvalue weighted by Gasteiger charge is -2.37. The second-order valence-electron chi connectivity index (χ2n) is 7.91. The molecule has 0 bridgehead atoms. The number of imide groups is 1. The zero-order valence-corrected chi connectivity index (χ0v) is 15.5. The third-order valence-corrected chi connectivity index (χ3v) is 6.20. The number of hydrogen-bond donors (Lipinski definition) is 0. The zero-order valence-electron chi connectivity index (χ0n) is 15.5. The molecule has 26 heavy (non-hydrogen) atoms. The molecule has 3 fully saturated rings. The fourth-order valence-corrected chi connectivity index (χ4v) is 4.72. The molecule has 2 saturated heterocycles. The van der Waals surface area contributed by atoms with Crippen LogP contribution in [0, 0.1) is 0 Å². The Labute approximate surface area is 155 Å². The Morgan fingerprint density at radius 3 is 2.27 bits per heavy atom. The summed E-state index contributed by atoms with van der Waals surface area (Å²) in [6, 6.07) is 10.5. The van der Waals surface area contributed by atoms with Gasteiger partial charge in [0.15, 0.2) is 0 Å². The standard InChI is InChI=1S/C21H29N3O2/c25-20-15-19(21(26)24(20)18-9-5-2-6-10-18)23-13-11-22(12-14-23)16-17-7-3-1-4-8-17/h1,3-4,7-8,18-19H,2,5-6,9-16H2/t19-/m0/s1. The van der Waals surface area contributed by atoms with Crippen molar-refractivity contribution in [1.82, 2.24) is 14.7 Å². The summed E-state index contributed by atoms with van der Waals surface area (Å²) in [7, 11) is 0. The van der Waals surface area contributed by atoms with Crippen LogP contribution >= 0.6 is 0 Å². The fourth-order valence-electron chi connectivity index (χ4n) is 4.72. The number of benzene rings is 1. The van der Waals surface area contributed by atoms with E-state index < -0.39 is 0 Å². The van der Waals surface area contributed by atoms with Crippen molar-refractivity contribution in [2.45, 2.75) is 57.2 Å². The highest BCUT2D eigenvalue weighted by Gasteiger charge is 2.45. The fraction of sp³-hybridized carbons (Fsp3) is 0.619. The van der Waals surface area contributed by atoms with Crippen LogP contribution in [0.1, 0.15) is 44.1 Å². The number of nitrogens with zero attached hydrogens (tertiary/aromatic N) is 3. The molecule has 0 N–H and O–H groups in total. The summed E-state index contributed by atoms with van der Waals surface area (Å²) in [4.78, 5) is 31.7. The molecule has 1 aromatic rings. The Morgan fingerprint density at radius 2 is 1.58 bits per heavy atom. The van der Waals surface area contributed by atoms with Gasteiger partial charge < -0.3 is 0 Å². The van der Waals surface area contributed by atoms with Gasteiger partial charge in [0.25, 0.3) is 0 Å². The quantitative estimate of drug-likeness (QED) is 0.777. The minimum atomic E-state index is -0.219. The van der Waals surface area contributed by atoms with Crippen molar-refractivity contribution in [2.24, 2.45) is 0 Å². The van der Waals surface area contributed by atoms with Crippen molar-refractivity contribution < 1.29 is 9.59 Å². The number of likely N-dealkylation sites (tertiary alicyclic amines) is 1. The number of carbonyl (C=O) groups is 2. The van der Waals surface area contributed by atoms with Gasteiger partial charge in [-0.05, 0) is 18.4 Å². The maximum atomic E-state index is 12.9. The van der Waals surface area contributed by atoms with Crippen LogP contribution in [0.3, 0.4) is 0 Å². The lowest BCUT2D eigenvalue weighted by Crippen LogP contribution is -2.53. The highest BCUT2D eigenvalue weighted by molar-refractivity contribution is 6.05. The summed E-state index contributed by atoms with van der Waals surface area (Å²) in [5.74, 6) is 0.122. The summed E-state index contributed by atoms with van der Waals surface area (Å²) < 4.78 is 0. The first-order valence-electron chi connectivity index (χ1n) is 10.1. The van der Waals surface area contributed by atoms with Gasteiger partial charge in [0.2, 0.25) is 11.8 Å². The van der Waals surface area contributed by atoms with Gasteiger partial charge in [-0.25, -0.2) is 0 Å². The minimum absolute atomic E-state index is 0.0543. The van der Waals surface area contributed by atoms with Crippen molar-refractivity contribution in [3.8, 4) is 0 Å². The van der Waals surface area contributed by atoms with Gasteiger partial charge in [0, 0.05) is 38.8 Å². The lowest BCUT2D eigenvalue weighted by atomic mass is 9.94. The maximum absolute atomic E-state index is 12.9. The van der Waals surface area contributed by atoms with Crippen molar-refractivity contribution >= 4 is 11.8 Å². The molecule has 0 aromatic heterocycles. The van der Waals surface area contributed by atoms with Crippen molar-refractivity contribution in [1.29, 1.82) is 0 Å².